The highest BCUT2D eigenvalue weighted by atomic mass is 15.2. The zero-order chi connectivity index (χ0) is 13.7. The maximum atomic E-state index is 3.82. The molecule has 19 heavy (non-hydrogen) atoms. The zero-order valence-corrected chi connectivity index (χ0v) is 13.3. The summed E-state index contributed by atoms with van der Waals surface area (Å²) in [5.41, 5.74) is 0. The molecule has 3 unspecified atom stereocenters. The highest BCUT2D eigenvalue weighted by molar-refractivity contribution is 4.91. The van der Waals surface area contributed by atoms with Crippen molar-refractivity contribution >= 4 is 0 Å². The molecule has 0 heterocycles. The summed E-state index contributed by atoms with van der Waals surface area (Å²) in [5, 5.41) is 3.82. The average molecular weight is 266 g/mol. The molecule has 2 fully saturated rings. The van der Waals surface area contributed by atoms with Gasteiger partial charge < -0.3 is 10.2 Å². The van der Waals surface area contributed by atoms with E-state index < -0.39 is 0 Å². The Labute approximate surface area is 120 Å². The predicted octanol–water partition coefficient (Wildman–Crippen LogP) is 3.67. The van der Waals surface area contributed by atoms with Crippen LogP contribution in [0.3, 0.4) is 0 Å². The Hall–Kier alpha value is -0.0800. The standard InChI is InChI=1S/C17H34N2/c1-4-6-14-9-10-16(18-11-5-2)17(12-14)19(3)13-15-7-8-15/h14-18H,4-13H2,1-3H3. The maximum Gasteiger partial charge on any atom is 0.0249 e. The molecular weight excluding hydrogens is 232 g/mol. The van der Waals surface area contributed by atoms with Gasteiger partial charge in [-0.25, -0.2) is 0 Å². The Balaban J connectivity index is 1.88. The molecule has 0 spiro atoms. The number of hydrogen-bond donors (Lipinski definition) is 1. The first kappa shape index (κ1) is 15.3. The van der Waals surface area contributed by atoms with Crippen molar-refractivity contribution in [3.05, 3.63) is 0 Å². The summed E-state index contributed by atoms with van der Waals surface area (Å²) in [6.07, 6.45) is 11.3. The first-order valence-corrected chi connectivity index (χ1v) is 8.68. The SMILES string of the molecule is CCCNC1CCC(CCC)CC1N(C)CC1CC1. The van der Waals surface area contributed by atoms with Gasteiger partial charge in [-0.1, -0.05) is 26.7 Å². The van der Waals surface area contributed by atoms with Gasteiger partial charge in [-0.2, -0.15) is 0 Å². The lowest BCUT2D eigenvalue weighted by molar-refractivity contribution is 0.112. The normalized spacial score (nSPS) is 31.9. The van der Waals surface area contributed by atoms with Crippen LogP contribution in [-0.2, 0) is 0 Å². The van der Waals surface area contributed by atoms with Gasteiger partial charge in [-0.15, -0.1) is 0 Å². The van der Waals surface area contributed by atoms with Crippen LogP contribution in [0.4, 0.5) is 0 Å². The highest BCUT2D eigenvalue weighted by Crippen LogP contribution is 2.34. The monoisotopic (exact) mass is 266 g/mol. The molecule has 1 N–H and O–H groups in total. The van der Waals surface area contributed by atoms with Gasteiger partial charge in [0, 0.05) is 18.6 Å². The molecule has 0 saturated heterocycles. The number of likely N-dealkylation sites (N-methyl/N-ethyl adjacent to an activating group) is 1. The zero-order valence-electron chi connectivity index (χ0n) is 13.3. The van der Waals surface area contributed by atoms with Crippen LogP contribution in [-0.4, -0.2) is 37.1 Å². The van der Waals surface area contributed by atoms with Gasteiger partial charge >= 0.3 is 0 Å². The van der Waals surface area contributed by atoms with E-state index >= 15 is 0 Å². The lowest BCUT2D eigenvalue weighted by Gasteiger charge is -2.42. The smallest absolute Gasteiger partial charge is 0.0249 e. The molecule has 0 aliphatic heterocycles. The number of nitrogens with zero attached hydrogens (tertiary/aromatic N) is 1. The fourth-order valence-electron chi connectivity index (χ4n) is 3.80. The number of rotatable bonds is 8. The molecule has 3 atom stereocenters. The molecule has 2 saturated carbocycles. The van der Waals surface area contributed by atoms with Crippen molar-refractivity contribution in [3.8, 4) is 0 Å². The van der Waals surface area contributed by atoms with E-state index in [4.69, 9.17) is 0 Å². The third kappa shape index (κ3) is 4.75. The lowest BCUT2D eigenvalue weighted by Crippen LogP contribution is -2.52. The third-order valence-electron chi connectivity index (χ3n) is 5.09. The molecule has 2 heteroatoms. The third-order valence-corrected chi connectivity index (χ3v) is 5.09. The van der Waals surface area contributed by atoms with Crippen molar-refractivity contribution < 1.29 is 0 Å². The van der Waals surface area contributed by atoms with Crippen molar-refractivity contribution in [2.75, 3.05) is 20.1 Å². The first-order valence-electron chi connectivity index (χ1n) is 8.68. The van der Waals surface area contributed by atoms with Crippen LogP contribution in [0, 0.1) is 11.8 Å². The van der Waals surface area contributed by atoms with E-state index in [-0.39, 0.29) is 0 Å². The van der Waals surface area contributed by atoms with Crippen molar-refractivity contribution in [3.63, 3.8) is 0 Å². The Morgan fingerprint density at radius 2 is 1.74 bits per heavy atom. The molecule has 0 aromatic carbocycles. The molecule has 2 rings (SSSR count). The molecule has 0 amide bonds. The minimum atomic E-state index is 0.747. The van der Waals surface area contributed by atoms with Crippen LogP contribution in [0.1, 0.15) is 65.2 Å². The summed E-state index contributed by atoms with van der Waals surface area (Å²) >= 11 is 0. The van der Waals surface area contributed by atoms with Crippen molar-refractivity contribution in [1.82, 2.24) is 10.2 Å². The lowest BCUT2D eigenvalue weighted by atomic mass is 9.79. The Morgan fingerprint density at radius 1 is 1.00 bits per heavy atom. The van der Waals surface area contributed by atoms with E-state index in [9.17, 15) is 0 Å². The molecule has 2 aliphatic carbocycles. The second-order valence-corrected chi connectivity index (χ2v) is 6.98. The van der Waals surface area contributed by atoms with Gasteiger partial charge in [0.2, 0.25) is 0 Å². The maximum absolute atomic E-state index is 3.82. The topological polar surface area (TPSA) is 15.3 Å². The Kier molecular flexibility index (Phi) is 6.15. The summed E-state index contributed by atoms with van der Waals surface area (Å²) in [5.74, 6) is 2.00. The molecule has 0 radical (unpaired) electrons. The first-order chi connectivity index (χ1) is 9.24. The van der Waals surface area contributed by atoms with E-state index in [2.05, 4.69) is 31.1 Å². The highest BCUT2D eigenvalue weighted by Gasteiger charge is 2.34. The number of nitrogens with one attached hydrogen (secondary N) is 1. The van der Waals surface area contributed by atoms with Gasteiger partial charge in [0.15, 0.2) is 0 Å². The van der Waals surface area contributed by atoms with E-state index in [1.807, 2.05) is 0 Å². The van der Waals surface area contributed by atoms with Crippen molar-refractivity contribution in [2.24, 2.45) is 11.8 Å². The summed E-state index contributed by atoms with van der Waals surface area (Å²) in [4.78, 5) is 2.69. The molecular formula is C17H34N2. The summed E-state index contributed by atoms with van der Waals surface area (Å²) in [7, 11) is 2.37. The van der Waals surface area contributed by atoms with Gasteiger partial charge in [0.1, 0.15) is 0 Å². The van der Waals surface area contributed by atoms with E-state index in [0.717, 1.165) is 23.9 Å². The van der Waals surface area contributed by atoms with Crippen LogP contribution in [0.5, 0.6) is 0 Å². The molecule has 2 nitrogen and oxygen atoms in total. The molecule has 2 aliphatic rings. The fourth-order valence-corrected chi connectivity index (χ4v) is 3.80. The minimum Gasteiger partial charge on any atom is -0.312 e. The molecule has 0 aromatic heterocycles. The van der Waals surface area contributed by atoms with Crippen LogP contribution < -0.4 is 5.32 Å². The predicted molar refractivity (Wildman–Crippen MR) is 83.5 cm³/mol. The summed E-state index contributed by atoms with van der Waals surface area (Å²) in [6, 6.07) is 1.54. The van der Waals surface area contributed by atoms with Crippen molar-refractivity contribution in [2.45, 2.75) is 77.3 Å². The second-order valence-electron chi connectivity index (χ2n) is 6.98. The summed E-state index contributed by atoms with van der Waals surface area (Å²) in [6.45, 7) is 7.15. The minimum absolute atomic E-state index is 0.747. The quantitative estimate of drug-likeness (QED) is 0.721. The van der Waals surface area contributed by atoms with Crippen LogP contribution in [0.25, 0.3) is 0 Å². The fraction of sp³-hybridized carbons (Fsp3) is 1.00. The van der Waals surface area contributed by atoms with E-state index in [1.54, 1.807) is 0 Å². The Morgan fingerprint density at radius 3 is 2.37 bits per heavy atom. The summed E-state index contributed by atoms with van der Waals surface area (Å²) < 4.78 is 0. The second kappa shape index (κ2) is 7.64. The molecule has 0 aromatic rings. The van der Waals surface area contributed by atoms with Gasteiger partial charge in [-0.05, 0) is 64.0 Å². The molecule has 0 bridgehead atoms. The largest absolute Gasteiger partial charge is 0.312 e. The molecule has 112 valence electrons. The van der Waals surface area contributed by atoms with Crippen LogP contribution in [0.15, 0.2) is 0 Å². The van der Waals surface area contributed by atoms with E-state index in [0.29, 0.717) is 0 Å². The Bertz CT molecular complexity index is 250. The van der Waals surface area contributed by atoms with Crippen LogP contribution in [0.2, 0.25) is 0 Å². The van der Waals surface area contributed by atoms with Gasteiger partial charge in [-0.3, -0.25) is 0 Å². The van der Waals surface area contributed by atoms with Crippen molar-refractivity contribution in [1.29, 1.82) is 0 Å². The van der Waals surface area contributed by atoms with Crippen LogP contribution >= 0.6 is 0 Å². The number of hydrogen-bond acceptors (Lipinski definition) is 2. The van der Waals surface area contributed by atoms with Gasteiger partial charge in [0.05, 0.1) is 0 Å². The average Bonchev–Trinajstić information content (AvgIpc) is 3.21. The van der Waals surface area contributed by atoms with Gasteiger partial charge in [0.25, 0.3) is 0 Å². The van der Waals surface area contributed by atoms with E-state index in [1.165, 1.54) is 64.5 Å².